The number of carbonyl (C=O) groups excluding carboxylic acids is 2. The second-order valence-corrected chi connectivity index (χ2v) is 4.73. The van der Waals surface area contributed by atoms with E-state index in [0.717, 1.165) is 0 Å². The molecular formula is C12H16ClN5O2. The van der Waals surface area contributed by atoms with Crippen LogP contribution in [0.4, 0.5) is 4.79 Å². The lowest BCUT2D eigenvalue weighted by molar-refractivity contribution is 0.0659. The van der Waals surface area contributed by atoms with Crippen molar-refractivity contribution in [3.63, 3.8) is 0 Å². The molecule has 1 aromatic heterocycles. The Hall–Kier alpha value is -1.89. The highest BCUT2D eigenvalue weighted by Gasteiger charge is 2.25. The van der Waals surface area contributed by atoms with Crippen LogP contribution < -0.4 is 5.32 Å². The summed E-state index contributed by atoms with van der Waals surface area (Å²) in [5.74, 6) is -0.190. The normalized spacial score (nSPS) is 15.1. The van der Waals surface area contributed by atoms with E-state index in [-0.39, 0.29) is 22.8 Å². The van der Waals surface area contributed by atoms with Gasteiger partial charge in [-0.2, -0.15) is 0 Å². The third-order valence-electron chi connectivity index (χ3n) is 3.02. The number of halogens is 1. The predicted octanol–water partition coefficient (Wildman–Crippen LogP) is 0.617. The topological polar surface area (TPSA) is 78.4 Å². The number of nitrogens with one attached hydrogen (secondary N) is 1. The smallest absolute Gasteiger partial charge is 0.317 e. The van der Waals surface area contributed by atoms with Gasteiger partial charge in [-0.15, -0.1) is 0 Å². The number of hydrogen-bond donors (Lipinski definition) is 1. The lowest BCUT2D eigenvalue weighted by atomic mass is 10.3. The van der Waals surface area contributed by atoms with Gasteiger partial charge in [-0.25, -0.2) is 14.8 Å². The predicted molar refractivity (Wildman–Crippen MR) is 73.6 cm³/mol. The maximum absolute atomic E-state index is 12.2. The van der Waals surface area contributed by atoms with Crippen LogP contribution in [-0.2, 0) is 0 Å². The van der Waals surface area contributed by atoms with Crippen molar-refractivity contribution in [1.82, 2.24) is 25.1 Å². The number of rotatable bonds is 2. The molecule has 1 saturated heterocycles. The van der Waals surface area contributed by atoms with Gasteiger partial charge in [0.15, 0.2) is 0 Å². The summed E-state index contributed by atoms with van der Waals surface area (Å²) in [6.45, 7) is 4.47. The van der Waals surface area contributed by atoms with Crippen molar-refractivity contribution < 1.29 is 9.59 Å². The monoisotopic (exact) mass is 297 g/mol. The molecule has 0 aliphatic carbocycles. The van der Waals surface area contributed by atoms with E-state index >= 15 is 0 Å². The third kappa shape index (κ3) is 3.36. The molecule has 108 valence electrons. The zero-order chi connectivity index (χ0) is 14.5. The Balaban J connectivity index is 1.92. The highest BCUT2D eigenvalue weighted by Crippen LogP contribution is 2.08. The molecule has 1 aliphatic heterocycles. The van der Waals surface area contributed by atoms with E-state index in [1.54, 1.807) is 9.80 Å². The lowest BCUT2D eigenvalue weighted by Gasteiger charge is -2.34. The van der Waals surface area contributed by atoms with Crippen molar-refractivity contribution in [2.45, 2.75) is 6.92 Å². The van der Waals surface area contributed by atoms with Crippen LogP contribution in [0.5, 0.6) is 0 Å². The van der Waals surface area contributed by atoms with Crippen LogP contribution in [0.25, 0.3) is 0 Å². The molecule has 1 aliphatic rings. The van der Waals surface area contributed by atoms with Crippen LogP contribution in [-0.4, -0.2) is 64.4 Å². The lowest BCUT2D eigenvalue weighted by Crippen LogP contribution is -2.53. The van der Waals surface area contributed by atoms with Crippen molar-refractivity contribution in [2.24, 2.45) is 0 Å². The molecule has 0 atom stereocenters. The number of aromatic nitrogens is 2. The summed E-state index contributed by atoms with van der Waals surface area (Å²) in [5.41, 5.74) is 0.265. The maximum atomic E-state index is 12.2. The summed E-state index contributed by atoms with van der Waals surface area (Å²) in [6, 6.07) is -0.0918. The number of nitrogens with zero attached hydrogens (tertiary/aromatic N) is 4. The van der Waals surface area contributed by atoms with Gasteiger partial charge in [0.05, 0.1) is 12.4 Å². The van der Waals surface area contributed by atoms with E-state index in [2.05, 4.69) is 15.3 Å². The number of urea groups is 1. The molecule has 0 spiro atoms. The second-order valence-electron chi connectivity index (χ2n) is 4.34. The first kappa shape index (κ1) is 14.5. The van der Waals surface area contributed by atoms with Crippen LogP contribution in [0.1, 0.15) is 17.4 Å². The van der Waals surface area contributed by atoms with Crippen LogP contribution in [0.15, 0.2) is 12.4 Å². The molecular weight excluding hydrogens is 282 g/mol. The molecule has 20 heavy (non-hydrogen) atoms. The van der Waals surface area contributed by atoms with E-state index in [1.165, 1.54) is 12.4 Å². The number of carbonyl (C=O) groups is 2. The van der Waals surface area contributed by atoms with E-state index in [4.69, 9.17) is 11.6 Å². The van der Waals surface area contributed by atoms with Crippen LogP contribution in [0, 0.1) is 0 Å². The molecule has 3 amide bonds. The molecule has 2 rings (SSSR count). The average molecular weight is 298 g/mol. The summed E-state index contributed by atoms with van der Waals surface area (Å²) in [4.78, 5) is 35.0. The Morgan fingerprint density at radius 3 is 2.40 bits per heavy atom. The molecule has 1 aromatic rings. The van der Waals surface area contributed by atoms with Gasteiger partial charge in [0.25, 0.3) is 5.91 Å². The fourth-order valence-electron chi connectivity index (χ4n) is 1.96. The fraction of sp³-hybridized carbons (Fsp3) is 0.500. The Bertz CT molecular complexity index is 485. The minimum Gasteiger partial charge on any atom is -0.338 e. The van der Waals surface area contributed by atoms with Crippen LogP contribution >= 0.6 is 11.6 Å². The third-order valence-corrected chi connectivity index (χ3v) is 3.22. The minimum atomic E-state index is -0.190. The Kier molecular flexibility index (Phi) is 4.73. The van der Waals surface area contributed by atoms with E-state index in [0.29, 0.717) is 32.7 Å². The van der Waals surface area contributed by atoms with E-state index in [9.17, 15) is 9.59 Å². The zero-order valence-electron chi connectivity index (χ0n) is 11.2. The Labute approximate surface area is 121 Å². The maximum Gasteiger partial charge on any atom is 0.317 e. The van der Waals surface area contributed by atoms with Gasteiger partial charge in [-0.3, -0.25) is 4.79 Å². The first-order valence-corrected chi connectivity index (χ1v) is 6.79. The van der Waals surface area contributed by atoms with Gasteiger partial charge in [-0.05, 0) is 6.92 Å². The molecule has 0 saturated carbocycles. The van der Waals surface area contributed by atoms with Crippen molar-refractivity contribution in [2.75, 3.05) is 32.7 Å². The van der Waals surface area contributed by atoms with E-state index in [1.807, 2.05) is 6.92 Å². The summed E-state index contributed by atoms with van der Waals surface area (Å²) in [5, 5.41) is 3.00. The van der Waals surface area contributed by atoms with Gasteiger partial charge in [0.1, 0.15) is 10.8 Å². The average Bonchev–Trinajstić information content (AvgIpc) is 2.48. The number of amides is 3. The summed E-state index contributed by atoms with van der Waals surface area (Å²) < 4.78 is 0. The van der Waals surface area contributed by atoms with E-state index < -0.39 is 0 Å². The van der Waals surface area contributed by atoms with Gasteiger partial charge >= 0.3 is 6.03 Å². The van der Waals surface area contributed by atoms with Gasteiger partial charge < -0.3 is 15.1 Å². The first-order chi connectivity index (χ1) is 9.61. The van der Waals surface area contributed by atoms with Gasteiger partial charge in [-0.1, -0.05) is 11.6 Å². The van der Waals surface area contributed by atoms with Crippen molar-refractivity contribution in [3.05, 3.63) is 23.2 Å². The minimum absolute atomic E-state index is 0.0918. The fourth-order valence-corrected chi connectivity index (χ4v) is 2.06. The number of piperazine rings is 1. The summed E-state index contributed by atoms with van der Waals surface area (Å²) >= 11 is 5.64. The number of hydrogen-bond acceptors (Lipinski definition) is 4. The highest BCUT2D eigenvalue weighted by atomic mass is 35.5. The van der Waals surface area contributed by atoms with Crippen molar-refractivity contribution >= 4 is 23.5 Å². The van der Waals surface area contributed by atoms with Crippen molar-refractivity contribution in [1.29, 1.82) is 0 Å². The zero-order valence-corrected chi connectivity index (χ0v) is 11.9. The molecule has 1 fully saturated rings. The largest absolute Gasteiger partial charge is 0.338 e. The molecule has 0 aromatic carbocycles. The van der Waals surface area contributed by atoms with Crippen LogP contribution in [0.3, 0.4) is 0 Å². The molecule has 8 heteroatoms. The molecule has 0 unspecified atom stereocenters. The van der Waals surface area contributed by atoms with Crippen LogP contribution in [0.2, 0.25) is 5.15 Å². The van der Waals surface area contributed by atoms with Gasteiger partial charge in [0.2, 0.25) is 0 Å². The second kappa shape index (κ2) is 6.51. The standard InChI is InChI=1S/C12H16ClN5O2/c1-2-14-12(20)18-5-3-17(4-6-18)11(19)9-7-16-10(13)8-15-9/h7-8H,2-6H2,1H3,(H,14,20). The Morgan fingerprint density at radius 1 is 1.20 bits per heavy atom. The van der Waals surface area contributed by atoms with Crippen molar-refractivity contribution in [3.8, 4) is 0 Å². The first-order valence-electron chi connectivity index (χ1n) is 6.41. The summed E-state index contributed by atoms with van der Waals surface area (Å²) in [6.07, 6.45) is 2.71. The van der Waals surface area contributed by atoms with Gasteiger partial charge in [0, 0.05) is 32.7 Å². The Morgan fingerprint density at radius 2 is 1.85 bits per heavy atom. The quantitative estimate of drug-likeness (QED) is 0.868. The molecule has 2 heterocycles. The molecule has 7 nitrogen and oxygen atoms in total. The highest BCUT2D eigenvalue weighted by molar-refractivity contribution is 6.29. The molecule has 0 radical (unpaired) electrons. The molecule has 1 N–H and O–H groups in total. The SMILES string of the molecule is CCNC(=O)N1CCN(C(=O)c2cnc(Cl)cn2)CC1. The molecule has 0 bridgehead atoms. The summed E-state index contributed by atoms with van der Waals surface area (Å²) in [7, 11) is 0.